The third-order valence-electron chi connectivity index (χ3n) is 6.03. The van der Waals surface area contributed by atoms with E-state index >= 15 is 0 Å². The molecule has 1 heterocycles. The summed E-state index contributed by atoms with van der Waals surface area (Å²) in [5.41, 5.74) is 5.66. The van der Waals surface area contributed by atoms with E-state index in [2.05, 4.69) is 43.3 Å². The third-order valence-corrected chi connectivity index (χ3v) is 6.03. The molecule has 4 aromatic rings. The Balaban J connectivity index is 1.60. The van der Waals surface area contributed by atoms with Gasteiger partial charge in [-0.1, -0.05) is 86.1 Å². The highest BCUT2D eigenvalue weighted by Gasteiger charge is 2.32. The van der Waals surface area contributed by atoms with Crippen molar-refractivity contribution in [3.05, 3.63) is 96.1 Å². The number of amides is 2. The summed E-state index contributed by atoms with van der Waals surface area (Å²) >= 11 is 0. The molecule has 0 unspecified atom stereocenters. The predicted octanol–water partition coefficient (Wildman–Crippen LogP) is 6.57. The van der Waals surface area contributed by atoms with Crippen LogP contribution in [0.2, 0.25) is 0 Å². The lowest BCUT2D eigenvalue weighted by molar-refractivity contribution is 0.0608. The normalized spacial score (nSPS) is 13.1. The molecule has 5 rings (SSSR count). The van der Waals surface area contributed by atoms with Gasteiger partial charge in [-0.3, -0.25) is 14.5 Å². The molecular weight excluding hydrogens is 382 g/mol. The van der Waals surface area contributed by atoms with Gasteiger partial charge >= 0.3 is 0 Å². The molecule has 0 saturated carbocycles. The van der Waals surface area contributed by atoms with Crippen molar-refractivity contribution < 1.29 is 9.59 Å². The van der Waals surface area contributed by atoms with Crippen LogP contribution < -0.4 is 0 Å². The second-order valence-electron chi connectivity index (χ2n) is 7.95. The number of nitrogens with zero attached hydrogens (tertiary/aromatic N) is 1. The van der Waals surface area contributed by atoms with Crippen molar-refractivity contribution in [3.8, 4) is 22.3 Å². The second kappa shape index (κ2) is 7.84. The topological polar surface area (TPSA) is 37.4 Å². The van der Waals surface area contributed by atoms with Crippen molar-refractivity contribution in [2.75, 3.05) is 6.54 Å². The van der Waals surface area contributed by atoms with Gasteiger partial charge in [0.1, 0.15) is 0 Å². The SMILES string of the molecule is CCCCN1C(=O)c2cccc3c(-c4ccc(-c5ccccc5)cc4)ccc(c23)C1=O. The molecule has 0 fully saturated rings. The lowest BCUT2D eigenvalue weighted by atomic mass is 9.88. The maximum absolute atomic E-state index is 13.1. The van der Waals surface area contributed by atoms with Crippen molar-refractivity contribution >= 4 is 22.6 Å². The van der Waals surface area contributed by atoms with Crippen molar-refractivity contribution in [2.45, 2.75) is 19.8 Å². The Bertz CT molecular complexity index is 1270. The molecule has 0 bridgehead atoms. The highest BCUT2D eigenvalue weighted by molar-refractivity contribution is 6.26. The minimum Gasteiger partial charge on any atom is -0.274 e. The molecule has 2 amide bonds. The molecule has 152 valence electrons. The Morgan fingerprint density at radius 3 is 1.94 bits per heavy atom. The van der Waals surface area contributed by atoms with Gasteiger partial charge in [0.2, 0.25) is 0 Å². The number of carbonyl (C=O) groups excluding carboxylic acids is 2. The first kappa shape index (κ1) is 19.3. The minimum atomic E-state index is -0.187. The largest absolute Gasteiger partial charge is 0.274 e. The molecule has 0 N–H and O–H groups in total. The van der Waals surface area contributed by atoms with Crippen LogP contribution in [0.3, 0.4) is 0 Å². The summed E-state index contributed by atoms with van der Waals surface area (Å²) < 4.78 is 0. The lowest BCUT2D eigenvalue weighted by Gasteiger charge is -2.27. The fourth-order valence-corrected chi connectivity index (χ4v) is 4.39. The summed E-state index contributed by atoms with van der Waals surface area (Å²) in [5, 5.41) is 1.72. The van der Waals surface area contributed by atoms with Gasteiger partial charge in [-0.05, 0) is 46.2 Å². The Kier molecular flexibility index (Phi) is 4.87. The first-order chi connectivity index (χ1) is 15.2. The molecule has 0 aromatic heterocycles. The van der Waals surface area contributed by atoms with Crippen LogP contribution >= 0.6 is 0 Å². The van der Waals surface area contributed by atoms with Gasteiger partial charge in [-0.25, -0.2) is 0 Å². The molecule has 0 spiro atoms. The van der Waals surface area contributed by atoms with E-state index in [4.69, 9.17) is 0 Å². The van der Waals surface area contributed by atoms with Crippen LogP contribution in [0.4, 0.5) is 0 Å². The van der Waals surface area contributed by atoms with E-state index in [0.717, 1.165) is 40.3 Å². The Hall–Kier alpha value is -3.72. The average Bonchev–Trinajstić information content (AvgIpc) is 2.83. The van der Waals surface area contributed by atoms with E-state index in [0.29, 0.717) is 17.7 Å². The summed E-state index contributed by atoms with van der Waals surface area (Å²) in [5.74, 6) is -0.374. The van der Waals surface area contributed by atoms with Crippen molar-refractivity contribution in [1.82, 2.24) is 4.90 Å². The van der Waals surface area contributed by atoms with Crippen molar-refractivity contribution in [1.29, 1.82) is 0 Å². The fourth-order valence-electron chi connectivity index (χ4n) is 4.39. The van der Waals surface area contributed by atoms with E-state index in [1.807, 2.05) is 48.5 Å². The summed E-state index contributed by atoms with van der Waals surface area (Å²) in [6, 6.07) is 28.3. The van der Waals surface area contributed by atoms with E-state index in [9.17, 15) is 9.59 Å². The molecule has 3 nitrogen and oxygen atoms in total. The summed E-state index contributed by atoms with van der Waals surface area (Å²) in [6.45, 7) is 2.52. The number of imide groups is 1. The van der Waals surface area contributed by atoms with Crippen LogP contribution in [0.1, 0.15) is 40.5 Å². The molecule has 1 aliphatic rings. The van der Waals surface area contributed by atoms with Crippen molar-refractivity contribution in [3.63, 3.8) is 0 Å². The molecule has 4 aromatic carbocycles. The number of hydrogen-bond acceptors (Lipinski definition) is 2. The van der Waals surface area contributed by atoms with Crippen molar-refractivity contribution in [2.24, 2.45) is 0 Å². The summed E-state index contributed by atoms with van der Waals surface area (Å²) in [6.07, 6.45) is 1.75. The maximum Gasteiger partial charge on any atom is 0.261 e. The zero-order chi connectivity index (χ0) is 21.4. The standard InChI is InChI=1S/C28H23NO2/c1-2-3-18-29-27(30)24-11-7-10-23-22(16-17-25(26(23)24)28(29)31)21-14-12-20(13-15-21)19-8-5-4-6-9-19/h4-17H,2-3,18H2,1H3. The molecule has 0 saturated heterocycles. The van der Waals surface area contributed by atoms with Gasteiger partial charge in [0, 0.05) is 23.1 Å². The van der Waals surface area contributed by atoms with Crippen LogP contribution in [0.25, 0.3) is 33.0 Å². The first-order valence-corrected chi connectivity index (χ1v) is 10.8. The van der Waals surface area contributed by atoms with E-state index < -0.39 is 0 Å². The monoisotopic (exact) mass is 405 g/mol. The molecule has 0 atom stereocenters. The fraction of sp³-hybridized carbons (Fsp3) is 0.143. The van der Waals surface area contributed by atoms with Crippen LogP contribution in [0.15, 0.2) is 84.9 Å². The van der Waals surface area contributed by atoms with Gasteiger partial charge in [0.05, 0.1) is 0 Å². The highest BCUT2D eigenvalue weighted by atomic mass is 16.2. The predicted molar refractivity (Wildman–Crippen MR) is 125 cm³/mol. The highest BCUT2D eigenvalue weighted by Crippen LogP contribution is 2.37. The first-order valence-electron chi connectivity index (χ1n) is 10.8. The molecule has 1 aliphatic heterocycles. The van der Waals surface area contributed by atoms with E-state index in [-0.39, 0.29) is 11.8 Å². The number of hydrogen-bond donors (Lipinski definition) is 0. The minimum absolute atomic E-state index is 0.187. The molecule has 0 aliphatic carbocycles. The van der Waals surface area contributed by atoms with Crippen LogP contribution in [-0.4, -0.2) is 23.3 Å². The molecular formula is C28H23NO2. The van der Waals surface area contributed by atoms with Crippen LogP contribution in [0, 0.1) is 0 Å². The number of rotatable bonds is 5. The molecule has 0 radical (unpaired) electrons. The zero-order valence-electron chi connectivity index (χ0n) is 17.5. The zero-order valence-corrected chi connectivity index (χ0v) is 17.5. The quantitative estimate of drug-likeness (QED) is 0.352. The number of unbranched alkanes of at least 4 members (excludes halogenated alkanes) is 1. The number of carbonyl (C=O) groups is 2. The molecule has 31 heavy (non-hydrogen) atoms. The Morgan fingerprint density at radius 1 is 0.613 bits per heavy atom. The smallest absolute Gasteiger partial charge is 0.261 e. The third kappa shape index (κ3) is 3.23. The van der Waals surface area contributed by atoms with Crippen LogP contribution in [0.5, 0.6) is 0 Å². The van der Waals surface area contributed by atoms with Gasteiger partial charge < -0.3 is 0 Å². The van der Waals surface area contributed by atoms with Gasteiger partial charge in [-0.2, -0.15) is 0 Å². The lowest BCUT2D eigenvalue weighted by Crippen LogP contribution is -2.40. The second-order valence-corrected chi connectivity index (χ2v) is 7.95. The van der Waals surface area contributed by atoms with Crippen LogP contribution in [-0.2, 0) is 0 Å². The number of benzene rings is 4. The Labute approximate surface area is 181 Å². The van der Waals surface area contributed by atoms with Gasteiger partial charge in [-0.15, -0.1) is 0 Å². The summed E-state index contributed by atoms with van der Waals surface area (Å²) in [7, 11) is 0. The van der Waals surface area contributed by atoms with E-state index in [1.54, 1.807) is 0 Å². The average molecular weight is 405 g/mol. The maximum atomic E-state index is 13.1. The Morgan fingerprint density at radius 2 is 1.23 bits per heavy atom. The molecule has 3 heteroatoms. The van der Waals surface area contributed by atoms with Gasteiger partial charge in [0.15, 0.2) is 0 Å². The van der Waals surface area contributed by atoms with Gasteiger partial charge in [0.25, 0.3) is 11.8 Å². The van der Waals surface area contributed by atoms with E-state index in [1.165, 1.54) is 10.5 Å². The summed E-state index contributed by atoms with van der Waals surface area (Å²) in [4.78, 5) is 27.5.